The van der Waals surface area contributed by atoms with Crippen LogP contribution in [-0.2, 0) is 0 Å². The molecule has 4 heterocycles. The van der Waals surface area contributed by atoms with Gasteiger partial charge < -0.3 is 11.5 Å². The number of rotatable bonds is 1. The molecule has 0 unspecified atom stereocenters. The van der Waals surface area contributed by atoms with Crippen LogP contribution in [0.4, 0.5) is 11.9 Å². The summed E-state index contributed by atoms with van der Waals surface area (Å²) in [5.74, 6) is 0.613. The second-order valence-corrected chi connectivity index (χ2v) is 5.03. The van der Waals surface area contributed by atoms with Crippen molar-refractivity contribution in [3.8, 4) is 11.3 Å². The van der Waals surface area contributed by atoms with Crippen LogP contribution in [0, 0.1) is 6.92 Å². The average molecular weight is 291 g/mol. The molecule has 7 heteroatoms. The summed E-state index contributed by atoms with van der Waals surface area (Å²) in [5.41, 5.74) is 16.2. The second-order valence-electron chi connectivity index (χ2n) is 5.03. The molecular formula is C15H13N7. The molecule has 0 atom stereocenters. The standard InChI is InChI=1S/C15H13N7/c1-8-2-5-18-13-11(8)12(9-3-6-19-14(16)21-9)10-4-7-20-15(17)22(10)13/h2-7H,1H3,(H2,17,20)(H2,16,19,21). The van der Waals surface area contributed by atoms with Crippen molar-refractivity contribution in [1.29, 1.82) is 0 Å². The summed E-state index contributed by atoms with van der Waals surface area (Å²) in [6.45, 7) is 2.03. The topological polar surface area (TPSA) is 108 Å². The predicted molar refractivity (Wildman–Crippen MR) is 85.1 cm³/mol. The first-order chi connectivity index (χ1) is 10.7. The van der Waals surface area contributed by atoms with Gasteiger partial charge in [0, 0.05) is 29.5 Å². The Morgan fingerprint density at radius 1 is 0.955 bits per heavy atom. The molecule has 4 aromatic heterocycles. The molecule has 0 amide bonds. The third-order valence-electron chi connectivity index (χ3n) is 3.70. The van der Waals surface area contributed by atoms with E-state index in [4.69, 9.17) is 11.5 Å². The van der Waals surface area contributed by atoms with Crippen LogP contribution in [0.3, 0.4) is 0 Å². The maximum absolute atomic E-state index is 6.05. The quantitative estimate of drug-likeness (QED) is 0.553. The van der Waals surface area contributed by atoms with E-state index in [0.717, 1.165) is 33.4 Å². The van der Waals surface area contributed by atoms with Crippen molar-refractivity contribution in [1.82, 2.24) is 24.3 Å². The molecule has 4 N–H and O–H groups in total. The molecule has 4 aromatic rings. The molecular weight excluding hydrogens is 278 g/mol. The number of nitrogen functional groups attached to an aromatic ring is 2. The van der Waals surface area contributed by atoms with Crippen LogP contribution in [0.1, 0.15) is 5.56 Å². The van der Waals surface area contributed by atoms with E-state index in [1.807, 2.05) is 29.5 Å². The molecule has 0 spiro atoms. The van der Waals surface area contributed by atoms with Crippen LogP contribution >= 0.6 is 0 Å². The molecule has 0 saturated heterocycles. The lowest BCUT2D eigenvalue weighted by Gasteiger charge is -2.03. The Morgan fingerprint density at radius 2 is 1.73 bits per heavy atom. The van der Waals surface area contributed by atoms with Crippen molar-refractivity contribution in [2.45, 2.75) is 6.92 Å². The molecule has 22 heavy (non-hydrogen) atoms. The van der Waals surface area contributed by atoms with E-state index in [-0.39, 0.29) is 5.95 Å². The zero-order valence-corrected chi connectivity index (χ0v) is 11.9. The molecule has 4 rings (SSSR count). The summed E-state index contributed by atoms with van der Waals surface area (Å²) in [7, 11) is 0. The van der Waals surface area contributed by atoms with Gasteiger partial charge in [-0.2, -0.15) is 0 Å². The van der Waals surface area contributed by atoms with E-state index >= 15 is 0 Å². The van der Waals surface area contributed by atoms with Crippen LogP contribution in [0.2, 0.25) is 0 Å². The fraction of sp³-hybridized carbons (Fsp3) is 0.0667. The molecule has 0 aliphatic rings. The van der Waals surface area contributed by atoms with E-state index in [1.54, 1.807) is 18.6 Å². The van der Waals surface area contributed by atoms with E-state index in [2.05, 4.69) is 19.9 Å². The Kier molecular flexibility index (Phi) is 2.50. The van der Waals surface area contributed by atoms with Gasteiger partial charge in [0.15, 0.2) is 0 Å². The molecule has 7 nitrogen and oxygen atoms in total. The highest BCUT2D eigenvalue weighted by Crippen LogP contribution is 2.36. The SMILES string of the molecule is Cc1ccnc2c1c(-c1ccnc(N)n1)c1ccnc(N)n12. The number of aromatic nitrogens is 5. The highest BCUT2D eigenvalue weighted by atomic mass is 15.1. The minimum Gasteiger partial charge on any atom is -0.369 e. The Balaban J connectivity index is 2.27. The summed E-state index contributed by atoms with van der Waals surface area (Å²) >= 11 is 0. The number of fused-ring (bicyclic) bond motifs is 3. The van der Waals surface area contributed by atoms with E-state index < -0.39 is 0 Å². The summed E-state index contributed by atoms with van der Waals surface area (Å²) in [5, 5.41) is 0.986. The molecule has 0 aromatic carbocycles. The van der Waals surface area contributed by atoms with Crippen LogP contribution < -0.4 is 11.5 Å². The summed E-state index contributed by atoms with van der Waals surface area (Å²) in [6.07, 6.45) is 5.07. The summed E-state index contributed by atoms with van der Waals surface area (Å²) in [4.78, 5) is 16.9. The number of nitrogens with zero attached hydrogens (tertiary/aromatic N) is 5. The fourth-order valence-corrected chi connectivity index (χ4v) is 2.78. The first-order valence-electron chi connectivity index (χ1n) is 6.76. The van der Waals surface area contributed by atoms with Gasteiger partial charge in [0.1, 0.15) is 5.65 Å². The zero-order valence-electron chi connectivity index (χ0n) is 11.9. The van der Waals surface area contributed by atoms with Crippen molar-refractivity contribution < 1.29 is 0 Å². The monoisotopic (exact) mass is 291 g/mol. The van der Waals surface area contributed by atoms with E-state index in [1.165, 1.54) is 0 Å². The summed E-state index contributed by atoms with van der Waals surface area (Å²) in [6, 6.07) is 5.68. The van der Waals surface area contributed by atoms with Crippen LogP contribution in [0.5, 0.6) is 0 Å². The highest BCUT2D eigenvalue weighted by Gasteiger charge is 2.18. The van der Waals surface area contributed by atoms with Gasteiger partial charge >= 0.3 is 0 Å². The highest BCUT2D eigenvalue weighted by molar-refractivity contribution is 6.05. The lowest BCUT2D eigenvalue weighted by molar-refractivity contribution is 1.12. The first kappa shape index (κ1) is 12.5. The fourth-order valence-electron chi connectivity index (χ4n) is 2.78. The van der Waals surface area contributed by atoms with Gasteiger partial charge in [-0.05, 0) is 30.7 Å². The number of nitrogens with two attached hydrogens (primary N) is 2. The average Bonchev–Trinajstić information content (AvgIpc) is 2.84. The van der Waals surface area contributed by atoms with Gasteiger partial charge in [0.25, 0.3) is 0 Å². The zero-order chi connectivity index (χ0) is 15.3. The third-order valence-corrected chi connectivity index (χ3v) is 3.70. The molecule has 0 aliphatic heterocycles. The van der Waals surface area contributed by atoms with Crippen LogP contribution in [-0.4, -0.2) is 24.3 Å². The number of pyridine rings is 1. The normalized spacial score (nSPS) is 11.3. The van der Waals surface area contributed by atoms with Crippen molar-refractivity contribution >= 4 is 28.4 Å². The molecule has 0 aliphatic carbocycles. The minimum atomic E-state index is 0.230. The minimum absolute atomic E-state index is 0.230. The number of hydrogen-bond donors (Lipinski definition) is 2. The molecule has 108 valence electrons. The Morgan fingerprint density at radius 3 is 2.55 bits per heavy atom. The lowest BCUT2D eigenvalue weighted by Crippen LogP contribution is -2.00. The second kappa shape index (κ2) is 4.39. The Hall–Kier alpha value is -3.22. The van der Waals surface area contributed by atoms with E-state index in [0.29, 0.717) is 5.95 Å². The lowest BCUT2D eigenvalue weighted by atomic mass is 10.1. The van der Waals surface area contributed by atoms with Gasteiger partial charge in [0.05, 0.1) is 11.2 Å². The van der Waals surface area contributed by atoms with Gasteiger partial charge in [-0.25, -0.2) is 19.9 Å². The van der Waals surface area contributed by atoms with Crippen molar-refractivity contribution in [2.24, 2.45) is 0 Å². The number of anilines is 2. The largest absolute Gasteiger partial charge is 0.369 e. The van der Waals surface area contributed by atoms with Crippen LogP contribution in [0.15, 0.2) is 36.8 Å². The predicted octanol–water partition coefficient (Wildman–Crippen LogP) is 1.81. The van der Waals surface area contributed by atoms with Gasteiger partial charge in [-0.15, -0.1) is 0 Å². The maximum Gasteiger partial charge on any atom is 0.220 e. The molecule has 0 saturated carbocycles. The molecule has 0 radical (unpaired) electrons. The van der Waals surface area contributed by atoms with Crippen LogP contribution in [0.25, 0.3) is 27.8 Å². The van der Waals surface area contributed by atoms with Gasteiger partial charge in [0.2, 0.25) is 11.9 Å². The Bertz CT molecular complexity index is 1020. The van der Waals surface area contributed by atoms with Crippen molar-refractivity contribution in [3.05, 3.63) is 42.4 Å². The van der Waals surface area contributed by atoms with Gasteiger partial charge in [-0.1, -0.05) is 0 Å². The Labute approximate surface area is 125 Å². The molecule has 0 bridgehead atoms. The number of hydrogen-bond acceptors (Lipinski definition) is 6. The first-order valence-corrected chi connectivity index (χ1v) is 6.76. The third kappa shape index (κ3) is 1.62. The number of aryl methyl sites for hydroxylation is 1. The molecule has 0 fully saturated rings. The van der Waals surface area contributed by atoms with Crippen molar-refractivity contribution in [3.63, 3.8) is 0 Å². The summed E-state index contributed by atoms with van der Waals surface area (Å²) < 4.78 is 1.83. The van der Waals surface area contributed by atoms with Crippen molar-refractivity contribution in [2.75, 3.05) is 11.5 Å². The maximum atomic E-state index is 6.05. The van der Waals surface area contributed by atoms with E-state index in [9.17, 15) is 0 Å². The van der Waals surface area contributed by atoms with Gasteiger partial charge in [-0.3, -0.25) is 4.40 Å². The smallest absolute Gasteiger partial charge is 0.220 e.